The molecule has 7 heteroatoms. The van der Waals surface area contributed by atoms with Crippen molar-refractivity contribution in [2.75, 3.05) is 25.0 Å². The van der Waals surface area contributed by atoms with Gasteiger partial charge in [0.25, 0.3) is 0 Å². The minimum Gasteiger partial charge on any atom is -0.493 e. The number of nitrogens with one attached hydrogen (secondary N) is 1. The summed E-state index contributed by atoms with van der Waals surface area (Å²) in [6, 6.07) is 14.3. The van der Waals surface area contributed by atoms with Gasteiger partial charge in [0.1, 0.15) is 5.75 Å². The van der Waals surface area contributed by atoms with E-state index in [1.165, 1.54) is 17.1 Å². The Morgan fingerprint density at radius 1 is 1.00 bits per heavy atom. The topological polar surface area (TPSA) is 75.7 Å². The molecule has 0 atom stereocenters. The van der Waals surface area contributed by atoms with Gasteiger partial charge in [-0.1, -0.05) is 17.7 Å². The van der Waals surface area contributed by atoms with Crippen LogP contribution < -0.4 is 10.1 Å². The molecule has 1 saturated carbocycles. The van der Waals surface area contributed by atoms with Gasteiger partial charge in [-0.25, -0.2) is 8.42 Å². The molecule has 1 N–H and O–H groups in total. The minimum absolute atomic E-state index is 0.0611. The van der Waals surface area contributed by atoms with Gasteiger partial charge < -0.3 is 10.1 Å². The normalized spacial score (nSPS) is 18.2. The Bertz CT molecular complexity index is 975. The molecule has 6 nitrogen and oxygen atoms in total. The summed E-state index contributed by atoms with van der Waals surface area (Å²) in [4.78, 5) is 12.9. The highest BCUT2D eigenvalue weighted by Crippen LogP contribution is 2.30. The lowest BCUT2D eigenvalue weighted by atomic mass is 9.97. The smallest absolute Gasteiger partial charge is 0.243 e. The summed E-state index contributed by atoms with van der Waals surface area (Å²) >= 11 is 0. The van der Waals surface area contributed by atoms with E-state index in [2.05, 4.69) is 5.32 Å². The van der Waals surface area contributed by atoms with Crippen LogP contribution in [0, 0.1) is 18.8 Å². The molecular weight excluding hydrogens is 400 g/mol. The summed E-state index contributed by atoms with van der Waals surface area (Å²) < 4.78 is 32.8. The summed E-state index contributed by atoms with van der Waals surface area (Å²) in [5.74, 6) is 1.26. The van der Waals surface area contributed by atoms with Gasteiger partial charge in [-0.2, -0.15) is 4.31 Å². The molecule has 0 radical (unpaired) electrons. The third-order valence-corrected chi connectivity index (χ3v) is 7.70. The number of benzene rings is 2. The number of aryl methyl sites for hydroxylation is 1. The number of sulfonamides is 1. The van der Waals surface area contributed by atoms with Crippen molar-refractivity contribution in [3.05, 3.63) is 54.1 Å². The number of hydrogen-bond acceptors (Lipinski definition) is 4. The fraction of sp³-hybridized carbons (Fsp3) is 0.435. The van der Waals surface area contributed by atoms with Gasteiger partial charge >= 0.3 is 0 Å². The van der Waals surface area contributed by atoms with Crippen molar-refractivity contribution in [1.82, 2.24) is 4.31 Å². The van der Waals surface area contributed by atoms with Gasteiger partial charge in [0.15, 0.2) is 0 Å². The van der Waals surface area contributed by atoms with Gasteiger partial charge in [-0.3, -0.25) is 4.79 Å². The lowest BCUT2D eigenvalue weighted by Crippen LogP contribution is -2.41. The first-order valence-electron chi connectivity index (χ1n) is 10.5. The second-order valence-electron chi connectivity index (χ2n) is 8.26. The number of anilines is 1. The summed E-state index contributed by atoms with van der Waals surface area (Å²) in [5, 5.41) is 2.95. The van der Waals surface area contributed by atoms with E-state index < -0.39 is 10.0 Å². The highest BCUT2D eigenvalue weighted by atomic mass is 32.2. The van der Waals surface area contributed by atoms with Crippen LogP contribution in [0.4, 0.5) is 5.69 Å². The Morgan fingerprint density at radius 2 is 1.63 bits per heavy atom. The fourth-order valence-corrected chi connectivity index (χ4v) is 5.06. The van der Waals surface area contributed by atoms with Crippen LogP contribution >= 0.6 is 0 Å². The molecular formula is C23H28N2O4S. The lowest BCUT2D eigenvalue weighted by molar-refractivity contribution is -0.120. The number of ether oxygens (including phenoxy) is 1. The van der Waals surface area contributed by atoms with Crippen LogP contribution in [0.3, 0.4) is 0 Å². The molecule has 2 aliphatic rings. The number of hydrogen-bond donors (Lipinski definition) is 1. The number of carbonyl (C=O) groups is 1. The molecule has 2 fully saturated rings. The Labute approximate surface area is 178 Å². The highest BCUT2D eigenvalue weighted by molar-refractivity contribution is 7.89. The van der Waals surface area contributed by atoms with Crippen LogP contribution in [0.5, 0.6) is 5.75 Å². The van der Waals surface area contributed by atoms with Crippen LogP contribution in [0.15, 0.2) is 53.4 Å². The quantitative estimate of drug-likeness (QED) is 0.727. The molecule has 1 amide bonds. The second-order valence-corrected chi connectivity index (χ2v) is 10.2. The average molecular weight is 429 g/mol. The van der Waals surface area contributed by atoms with Crippen molar-refractivity contribution in [3.63, 3.8) is 0 Å². The number of nitrogens with zero attached hydrogens (tertiary/aromatic N) is 1. The molecule has 1 saturated heterocycles. The largest absolute Gasteiger partial charge is 0.493 e. The summed E-state index contributed by atoms with van der Waals surface area (Å²) in [5.41, 5.74) is 1.75. The van der Waals surface area contributed by atoms with Crippen molar-refractivity contribution < 1.29 is 17.9 Å². The molecule has 30 heavy (non-hydrogen) atoms. The summed E-state index contributed by atoms with van der Waals surface area (Å²) in [6.45, 7) is 3.38. The van der Waals surface area contributed by atoms with E-state index in [0.717, 1.165) is 23.6 Å². The van der Waals surface area contributed by atoms with E-state index in [-0.39, 0.29) is 11.8 Å². The monoisotopic (exact) mass is 428 g/mol. The van der Waals surface area contributed by atoms with Crippen LogP contribution in [0.2, 0.25) is 0 Å². The zero-order chi connectivity index (χ0) is 21.1. The van der Waals surface area contributed by atoms with Gasteiger partial charge in [-0.05, 0) is 74.9 Å². The highest BCUT2D eigenvalue weighted by Gasteiger charge is 2.32. The Kier molecular flexibility index (Phi) is 6.11. The molecule has 1 heterocycles. The van der Waals surface area contributed by atoms with E-state index in [0.29, 0.717) is 36.7 Å². The Morgan fingerprint density at radius 3 is 2.23 bits per heavy atom. The van der Waals surface area contributed by atoms with Gasteiger partial charge in [0, 0.05) is 24.7 Å². The van der Waals surface area contributed by atoms with E-state index in [1.54, 1.807) is 24.3 Å². The predicted molar refractivity (Wildman–Crippen MR) is 116 cm³/mol. The summed E-state index contributed by atoms with van der Waals surface area (Å²) in [7, 11) is -3.51. The number of rotatable bonds is 7. The van der Waals surface area contributed by atoms with Crippen molar-refractivity contribution in [2.45, 2.75) is 37.5 Å². The fourth-order valence-electron chi connectivity index (χ4n) is 3.60. The molecule has 2 aromatic rings. The molecule has 1 aliphatic carbocycles. The van der Waals surface area contributed by atoms with Gasteiger partial charge in [0.05, 0.1) is 11.5 Å². The van der Waals surface area contributed by atoms with Crippen molar-refractivity contribution in [1.29, 1.82) is 0 Å². The van der Waals surface area contributed by atoms with Crippen LogP contribution in [0.25, 0.3) is 0 Å². The third-order valence-electron chi connectivity index (χ3n) is 5.79. The van der Waals surface area contributed by atoms with E-state index in [4.69, 9.17) is 4.74 Å². The molecule has 0 unspecified atom stereocenters. The molecule has 160 valence electrons. The maximum absolute atomic E-state index is 12.8. The first-order chi connectivity index (χ1) is 14.4. The zero-order valence-electron chi connectivity index (χ0n) is 17.2. The Hall–Kier alpha value is -2.38. The number of amides is 1. The lowest BCUT2D eigenvalue weighted by Gasteiger charge is -2.30. The molecule has 0 spiro atoms. The van der Waals surface area contributed by atoms with Gasteiger partial charge in [0.2, 0.25) is 15.9 Å². The first kappa shape index (κ1) is 20.9. The number of piperidine rings is 1. The van der Waals surface area contributed by atoms with Crippen molar-refractivity contribution >= 4 is 21.6 Å². The van der Waals surface area contributed by atoms with Crippen LogP contribution in [-0.2, 0) is 14.8 Å². The SMILES string of the molecule is Cc1ccc(S(=O)(=O)N2CCC(C(=O)Nc3ccc(OCC4CC4)cc3)CC2)cc1. The van der Waals surface area contributed by atoms with E-state index in [9.17, 15) is 13.2 Å². The summed E-state index contributed by atoms with van der Waals surface area (Å²) in [6.07, 6.45) is 3.53. The van der Waals surface area contributed by atoms with Crippen LogP contribution in [0.1, 0.15) is 31.2 Å². The standard InChI is InChI=1S/C23H28N2O4S/c1-17-2-10-22(11-3-17)30(27,28)25-14-12-19(13-15-25)23(26)24-20-6-8-21(9-7-20)29-16-18-4-5-18/h2-3,6-11,18-19H,4-5,12-16H2,1H3,(H,24,26). The maximum Gasteiger partial charge on any atom is 0.243 e. The minimum atomic E-state index is -3.51. The molecule has 4 rings (SSSR count). The maximum atomic E-state index is 12.8. The second kappa shape index (κ2) is 8.78. The van der Waals surface area contributed by atoms with Gasteiger partial charge in [-0.15, -0.1) is 0 Å². The third kappa shape index (κ3) is 5.02. The molecule has 2 aromatic carbocycles. The predicted octanol–water partition coefficient (Wildman–Crippen LogP) is 3.82. The van der Waals surface area contributed by atoms with Crippen molar-refractivity contribution in [2.24, 2.45) is 11.8 Å². The van der Waals surface area contributed by atoms with E-state index in [1.807, 2.05) is 31.2 Å². The van der Waals surface area contributed by atoms with Crippen LogP contribution in [-0.4, -0.2) is 38.3 Å². The van der Waals surface area contributed by atoms with E-state index >= 15 is 0 Å². The van der Waals surface area contributed by atoms with Crippen molar-refractivity contribution in [3.8, 4) is 5.75 Å². The number of carbonyl (C=O) groups excluding carboxylic acids is 1. The molecule has 0 aromatic heterocycles. The Balaban J connectivity index is 1.29. The molecule has 0 bridgehead atoms. The average Bonchev–Trinajstić information content (AvgIpc) is 3.58. The first-order valence-corrected chi connectivity index (χ1v) is 12.0. The molecule has 1 aliphatic heterocycles. The zero-order valence-corrected chi connectivity index (χ0v) is 18.0.